The number of carbonyl (C=O) groups is 2. The van der Waals surface area contributed by atoms with Crippen LogP contribution < -0.4 is 5.32 Å². The molecule has 30 heavy (non-hydrogen) atoms. The van der Waals surface area contributed by atoms with Gasteiger partial charge in [-0.2, -0.15) is 0 Å². The van der Waals surface area contributed by atoms with Crippen molar-refractivity contribution in [3.8, 4) is 0 Å². The van der Waals surface area contributed by atoms with Gasteiger partial charge in [-0.1, -0.05) is 42.5 Å². The molecule has 2 aromatic heterocycles. The lowest BCUT2D eigenvalue weighted by Crippen LogP contribution is -2.43. The van der Waals surface area contributed by atoms with Crippen LogP contribution in [0.15, 0.2) is 78.3 Å². The van der Waals surface area contributed by atoms with E-state index in [1.54, 1.807) is 35.5 Å². The van der Waals surface area contributed by atoms with Crippen LogP contribution in [0.4, 0.5) is 5.69 Å². The number of benzene rings is 2. The Morgan fingerprint density at radius 3 is 2.70 bits per heavy atom. The largest absolute Gasteiger partial charge is 0.333 e. The zero-order valence-electron chi connectivity index (χ0n) is 16.3. The van der Waals surface area contributed by atoms with Gasteiger partial charge in [0.25, 0.3) is 5.91 Å². The van der Waals surface area contributed by atoms with Gasteiger partial charge in [0.15, 0.2) is 0 Å². The fourth-order valence-electron chi connectivity index (χ4n) is 4.13. The molecule has 148 valence electrons. The number of thiophene rings is 1. The van der Waals surface area contributed by atoms with Crippen molar-refractivity contribution >= 4 is 39.7 Å². The minimum Gasteiger partial charge on any atom is -0.333 e. The number of aromatic nitrogens is 1. The molecule has 0 bridgehead atoms. The molecule has 0 saturated carbocycles. The zero-order valence-corrected chi connectivity index (χ0v) is 17.1. The Kier molecular flexibility index (Phi) is 4.56. The topological polar surface area (TPSA) is 62.3 Å². The molecule has 1 N–H and O–H groups in total. The van der Waals surface area contributed by atoms with E-state index < -0.39 is 5.92 Å². The second kappa shape index (κ2) is 7.39. The number of nitrogens with one attached hydrogen (secondary N) is 1. The normalized spacial score (nSPS) is 18.3. The summed E-state index contributed by atoms with van der Waals surface area (Å²) in [6, 6.07) is 20.6. The Hall–Kier alpha value is -3.51. The molecule has 0 saturated heterocycles. The third-order valence-corrected chi connectivity index (χ3v) is 6.50. The van der Waals surface area contributed by atoms with Gasteiger partial charge in [-0.25, -0.2) is 0 Å². The number of pyridine rings is 1. The number of nitrogens with zero attached hydrogens (tertiary/aromatic N) is 2. The molecular weight excluding hydrogens is 394 g/mol. The highest BCUT2D eigenvalue weighted by Gasteiger charge is 2.43. The predicted molar refractivity (Wildman–Crippen MR) is 119 cm³/mol. The van der Waals surface area contributed by atoms with Crippen molar-refractivity contribution in [2.45, 2.75) is 12.0 Å². The quantitative estimate of drug-likeness (QED) is 0.522. The molecule has 1 aliphatic rings. The Labute approximate surface area is 178 Å². The van der Waals surface area contributed by atoms with Crippen molar-refractivity contribution in [3.63, 3.8) is 0 Å². The number of para-hydroxylation sites is 1. The third kappa shape index (κ3) is 3.06. The minimum absolute atomic E-state index is 0.0691. The number of anilines is 1. The Morgan fingerprint density at radius 2 is 1.87 bits per heavy atom. The molecule has 0 fully saturated rings. The van der Waals surface area contributed by atoms with Gasteiger partial charge in [-0.15, -0.1) is 11.3 Å². The van der Waals surface area contributed by atoms with E-state index in [-0.39, 0.29) is 17.9 Å². The van der Waals surface area contributed by atoms with Gasteiger partial charge >= 0.3 is 0 Å². The van der Waals surface area contributed by atoms with Gasteiger partial charge in [0.1, 0.15) is 0 Å². The van der Waals surface area contributed by atoms with Crippen LogP contribution in [0.1, 0.15) is 32.8 Å². The van der Waals surface area contributed by atoms with Crippen LogP contribution in [0.2, 0.25) is 0 Å². The first-order valence-corrected chi connectivity index (χ1v) is 10.6. The number of amides is 2. The first kappa shape index (κ1) is 18.5. The van der Waals surface area contributed by atoms with Crippen molar-refractivity contribution in [1.29, 1.82) is 0 Å². The molecule has 5 nitrogen and oxygen atoms in total. The molecular formula is C24H19N3O2S. The summed E-state index contributed by atoms with van der Waals surface area (Å²) in [4.78, 5) is 33.6. The molecule has 6 heteroatoms. The minimum atomic E-state index is -0.519. The van der Waals surface area contributed by atoms with Gasteiger partial charge < -0.3 is 10.2 Å². The maximum atomic E-state index is 13.6. The van der Waals surface area contributed by atoms with Crippen LogP contribution in [0, 0.1) is 0 Å². The standard InChI is InChI=1S/C24H19N3O2S/c1-27-22(20-11-6-12-30-20)21(17-8-3-4-9-18(17)24(27)29)23(28)26-16-13-15-7-2-5-10-19(15)25-14-16/h2-14,21-22H,1H3,(H,26,28). The van der Waals surface area contributed by atoms with Crippen LogP contribution in [0.5, 0.6) is 0 Å². The van der Waals surface area contributed by atoms with Crippen molar-refractivity contribution in [2.24, 2.45) is 0 Å². The SMILES string of the molecule is CN1C(=O)c2ccccc2C(C(=O)Nc2cnc3ccccc3c2)C1c1cccs1. The number of hydrogen-bond acceptors (Lipinski definition) is 4. The van der Waals surface area contributed by atoms with Gasteiger partial charge in [-0.3, -0.25) is 14.6 Å². The lowest BCUT2D eigenvalue weighted by atomic mass is 9.81. The third-order valence-electron chi connectivity index (χ3n) is 5.55. The van der Waals surface area contributed by atoms with Crippen molar-refractivity contribution in [3.05, 3.63) is 94.3 Å². The van der Waals surface area contributed by atoms with Gasteiger partial charge in [0.05, 0.1) is 29.4 Å². The molecule has 1 aliphatic heterocycles. The van der Waals surface area contributed by atoms with E-state index >= 15 is 0 Å². The lowest BCUT2D eigenvalue weighted by Gasteiger charge is -2.39. The number of fused-ring (bicyclic) bond motifs is 2. The highest BCUT2D eigenvalue weighted by molar-refractivity contribution is 7.10. The Bertz CT molecular complexity index is 1250. The summed E-state index contributed by atoms with van der Waals surface area (Å²) in [6.07, 6.45) is 1.67. The number of carbonyl (C=O) groups excluding carboxylic acids is 2. The molecule has 5 rings (SSSR count). The van der Waals surface area contributed by atoms with Crippen LogP contribution in [0.25, 0.3) is 10.9 Å². The summed E-state index contributed by atoms with van der Waals surface area (Å²) >= 11 is 1.55. The maximum absolute atomic E-state index is 13.6. The molecule has 0 spiro atoms. The highest BCUT2D eigenvalue weighted by atomic mass is 32.1. The van der Waals surface area contributed by atoms with Crippen LogP contribution in [0.3, 0.4) is 0 Å². The average Bonchev–Trinajstić information content (AvgIpc) is 3.30. The van der Waals surface area contributed by atoms with Crippen LogP contribution in [-0.2, 0) is 4.79 Å². The van der Waals surface area contributed by atoms with E-state index in [1.807, 2.05) is 66.0 Å². The molecule has 0 radical (unpaired) electrons. The fraction of sp³-hybridized carbons (Fsp3) is 0.125. The van der Waals surface area contributed by atoms with E-state index in [4.69, 9.17) is 0 Å². The van der Waals surface area contributed by atoms with Crippen molar-refractivity contribution < 1.29 is 9.59 Å². The second-order valence-corrected chi connectivity index (χ2v) is 8.33. The monoisotopic (exact) mass is 413 g/mol. The molecule has 2 amide bonds. The van der Waals surface area contributed by atoms with E-state index in [9.17, 15) is 9.59 Å². The number of likely N-dealkylation sites (N-methyl/N-ethyl adjacent to an activating group) is 1. The first-order chi connectivity index (χ1) is 14.6. The molecule has 2 aromatic carbocycles. The van der Waals surface area contributed by atoms with Gasteiger partial charge in [0, 0.05) is 22.9 Å². The summed E-state index contributed by atoms with van der Waals surface area (Å²) < 4.78 is 0. The highest BCUT2D eigenvalue weighted by Crippen LogP contribution is 2.43. The van der Waals surface area contributed by atoms with Crippen LogP contribution in [-0.4, -0.2) is 28.7 Å². The van der Waals surface area contributed by atoms with Crippen LogP contribution >= 0.6 is 11.3 Å². The van der Waals surface area contributed by atoms with E-state index in [0.29, 0.717) is 11.3 Å². The first-order valence-electron chi connectivity index (χ1n) is 9.68. The summed E-state index contributed by atoms with van der Waals surface area (Å²) in [5.74, 6) is -0.744. The van der Waals surface area contributed by atoms with Crippen molar-refractivity contribution in [1.82, 2.24) is 9.88 Å². The van der Waals surface area contributed by atoms with Gasteiger partial charge in [0.2, 0.25) is 5.91 Å². The summed E-state index contributed by atoms with van der Waals surface area (Å²) in [5, 5.41) is 5.97. The second-order valence-electron chi connectivity index (χ2n) is 7.35. The summed E-state index contributed by atoms with van der Waals surface area (Å²) in [6.45, 7) is 0. The van der Waals surface area contributed by atoms with E-state index in [2.05, 4.69) is 10.3 Å². The lowest BCUT2D eigenvalue weighted by molar-refractivity contribution is -0.119. The molecule has 4 aromatic rings. The number of hydrogen-bond donors (Lipinski definition) is 1. The Balaban J connectivity index is 1.57. The van der Waals surface area contributed by atoms with Gasteiger partial charge in [-0.05, 0) is 35.2 Å². The molecule has 0 aliphatic carbocycles. The molecule has 2 atom stereocenters. The van der Waals surface area contributed by atoms with E-state index in [1.165, 1.54) is 0 Å². The number of rotatable bonds is 3. The smallest absolute Gasteiger partial charge is 0.254 e. The fourth-order valence-corrected chi connectivity index (χ4v) is 5.04. The summed E-state index contributed by atoms with van der Waals surface area (Å²) in [5.41, 5.74) is 2.84. The molecule has 2 unspecified atom stereocenters. The average molecular weight is 414 g/mol. The Morgan fingerprint density at radius 1 is 1.07 bits per heavy atom. The zero-order chi connectivity index (χ0) is 20.7. The summed E-state index contributed by atoms with van der Waals surface area (Å²) in [7, 11) is 1.76. The predicted octanol–water partition coefficient (Wildman–Crippen LogP) is 4.85. The maximum Gasteiger partial charge on any atom is 0.254 e. The van der Waals surface area contributed by atoms with Crippen molar-refractivity contribution in [2.75, 3.05) is 12.4 Å². The van der Waals surface area contributed by atoms with E-state index in [0.717, 1.165) is 21.3 Å². The molecule has 3 heterocycles.